The molecule has 0 radical (unpaired) electrons. The van der Waals surface area contributed by atoms with E-state index >= 15 is 0 Å². The molecule has 150 valence electrons. The zero-order chi connectivity index (χ0) is 20.7. The molecule has 0 unspecified atom stereocenters. The minimum absolute atomic E-state index is 0.123. The second-order valence-electron chi connectivity index (χ2n) is 6.53. The van der Waals surface area contributed by atoms with Gasteiger partial charge in [-0.25, -0.2) is 0 Å². The first-order valence-corrected chi connectivity index (χ1v) is 8.97. The summed E-state index contributed by atoms with van der Waals surface area (Å²) in [5.41, 5.74) is 7.34. The number of nitrogens with two attached hydrogens (primary N) is 1. The van der Waals surface area contributed by atoms with Crippen LogP contribution in [0.4, 0.5) is 5.69 Å². The molecule has 0 aliphatic carbocycles. The molecular formula is C21H27N3O4. The van der Waals surface area contributed by atoms with Crippen LogP contribution in [0.3, 0.4) is 0 Å². The second kappa shape index (κ2) is 9.75. The molecular weight excluding hydrogens is 358 g/mol. The Bertz CT molecular complexity index is 821. The van der Waals surface area contributed by atoms with Gasteiger partial charge in [-0.15, -0.1) is 0 Å². The van der Waals surface area contributed by atoms with Gasteiger partial charge in [-0.2, -0.15) is 0 Å². The van der Waals surface area contributed by atoms with Crippen molar-refractivity contribution in [3.63, 3.8) is 0 Å². The molecule has 0 heterocycles. The lowest BCUT2D eigenvalue weighted by Gasteiger charge is -2.24. The van der Waals surface area contributed by atoms with Crippen molar-refractivity contribution < 1.29 is 19.1 Å². The van der Waals surface area contributed by atoms with Crippen molar-refractivity contribution in [1.29, 1.82) is 0 Å². The van der Waals surface area contributed by atoms with Crippen LogP contribution in [-0.4, -0.2) is 50.6 Å². The lowest BCUT2D eigenvalue weighted by molar-refractivity contribution is -0.120. The van der Waals surface area contributed by atoms with Crippen molar-refractivity contribution in [2.75, 3.05) is 33.1 Å². The molecule has 7 heteroatoms. The molecule has 2 aromatic carbocycles. The molecule has 0 spiro atoms. The van der Waals surface area contributed by atoms with E-state index in [2.05, 4.69) is 5.32 Å². The Morgan fingerprint density at radius 2 is 1.71 bits per heavy atom. The number of anilines is 1. The zero-order valence-corrected chi connectivity index (χ0v) is 16.7. The normalized spacial score (nSPS) is 11.8. The summed E-state index contributed by atoms with van der Waals surface area (Å²) in [5, 5.41) is 2.85. The molecule has 0 fully saturated rings. The lowest BCUT2D eigenvalue weighted by atomic mass is 10.1. The number of amides is 2. The molecule has 3 N–H and O–H groups in total. The van der Waals surface area contributed by atoms with Crippen LogP contribution in [0.5, 0.6) is 11.5 Å². The van der Waals surface area contributed by atoms with E-state index in [-0.39, 0.29) is 11.9 Å². The van der Waals surface area contributed by atoms with Gasteiger partial charge in [0, 0.05) is 17.8 Å². The van der Waals surface area contributed by atoms with Gasteiger partial charge in [0.25, 0.3) is 0 Å². The van der Waals surface area contributed by atoms with Gasteiger partial charge < -0.3 is 20.5 Å². The number of methoxy groups -OCH3 is 2. The maximum absolute atomic E-state index is 12.5. The minimum atomic E-state index is -0.499. The van der Waals surface area contributed by atoms with Gasteiger partial charge in [-0.1, -0.05) is 6.07 Å². The van der Waals surface area contributed by atoms with E-state index in [1.165, 1.54) is 0 Å². The average Bonchev–Trinajstić information content (AvgIpc) is 2.71. The topological polar surface area (TPSA) is 93.9 Å². The Kier molecular flexibility index (Phi) is 7.40. The standard InChI is InChI=1S/C21H27N3O4/c1-14(21(26)23-17-8-6-16(7-9-17)20(22)25)24(2)12-11-15-5-10-18(27-3)19(13-15)28-4/h5-10,13-14H,11-12H2,1-4H3,(H2,22,25)(H,23,26)/t14-/m1/s1. The van der Waals surface area contributed by atoms with Crippen LogP contribution >= 0.6 is 0 Å². The molecule has 2 aromatic rings. The van der Waals surface area contributed by atoms with Crippen LogP contribution in [0, 0.1) is 0 Å². The van der Waals surface area contributed by atoms with Crippen molar-refractivity contribution in [3.05, 3.63) is 53.6 Å². The Morgan fingerprint density at radius 3 is 2.29 bits per heavy atom. The van der Waals surface area contributed by atoms with Crippen LogP contribution in [-0.2, 0) is 11.2 Å². The van der Waals surface area contributed by atoms with Gasteiger partial charge in [-0.3, -0.25) is 14.5 Å². The van der Waals surface area contributed by atoms with Crippen molar-refractivity contribution in [2.45, 2.75) is 19.4 Å². The highest BCUT2D eigenvalue weighted by atomic mass is 16.5. The highest BCUT2D eigenvalue weighted by Gasteiger charge is 2.18. The predicted molar refractivity (Wildman–Crippen MR) is 109 cm³/mol. The first-order chi connectivity index (χ1) is 13.3. The third kappa shape index (κ3) is 5.47. The van der Waals surface area contributed by atoms with E-state index in [9.17, 15) is 9.59 Å². The number of carbonyl (C=O) groups is 2. The Hall–Kier alpha value is -3.06. The maximum atomic E-state index is 12.5. The monoisotopic (exact) mass is 385 g/mol. The third-order valence-corrected chi connectivity index (χ3v) is 4.68. The van der Waals surface area contributed by atoms with Crippen LogP contribution in [0.2, 0.25) is 0 Å². The molecule has 0 aromatic heterocycles. The van der Waals surface area contributed by atoms with Crippen LogP contribution < -0.4 is 20.5 Å². The Balaban J connectivity index is 1.91. The summed E-state index contributed by atoms with van der Waals surface area (Å²) in [5.74, 6) is 0.755. The first-order valence-electron chi connectivity index (χ1n) is 8.97. The molecule has 0 aliphatic heterocycles. The number of carbonyl (C=O) groups excluding carboxylic acids is 2. The number of benzene rings is 2. The summed E-state index contributed by atoms with van der Waals surface area (Å²) >= 11 is 0. The quantitative estimate of drug-likeness (QED) is 0.691. The van der Waals surface area contributed by atoms with Gasteiger partial charge in [-0.05, 0) is 62.4 Å². The molecule has 0 aliphatic rings. The Morgan fingerprint density at radius 1 is 1.07 bits per heavy atom. The van der Waals surface area contributed by atoms with E-state index in [4.69, 9.17) is 15.2 Å². The van der Waals surface area contributed by atoms with Crippen molar-refractivity contribution >= 4 is 17.5 Å². The lowest BCUT2D eigenvalue weighted by Crippen LogP contribution is -2.40. The van der Waals surface area contributed by atoms with Crippen molar-refractivity contribution in [2.24, 2.45) is 5.73 Å². The molecule has 28 heavy (non-hydrogen) atoms. The number of ether oxygens (including phenoxy) is 2. The van der Waals surface area contributed by atoms with Crippen LogP contribution in [0.25, 0.3) is 0 Å². The smallest absolute Gasteiger partial charge is 0.248 e. The fourth-order valence-electron chi connectivity index (χ4n) is 2.70. The van der Waals surface area contributed by atoms with Crippen molar-refractivity contribution in [1.82, 2.24) is 4.90 Å². The predicted octanol–water partition coefficient (Wildman–Crippen LogP) is 2.30. The molecule has 1 atom stereocenters. The number of hydrogen-bond donors (Lipinski definition) is 2. The van der Waals surface area contributed by atoms with E-state index in [1.807, 2.05) is 37.1 Å². The number of nitrogens with zero attached hydrogens (tertiary/aromatic N) is 1. The summed E-state index contributed by atoms with van der Waals surface area (Å²) < 4.78 is 10.6. The highest BCUT2D eigenvalue weighted by molar-refractivity contribution is 5.96. The van der Waals surface area contributed by atoms with E-state index < -0.39 is 5.91 Å². The average molecular weight is 385 g/mol. The number of primary amides is 1. The highest BCUT2D eigenvalue weighted by Crippen LogP contribution is 2.27. The van der Waals surface area contributed by atoms with Crippen molar-refractivity contribution in [3.8, 4) is 11.5 Å². The summed E-state index contributed by atoms with van der Waals surface area (Å²) in [6, 6.07) is 12.0. The van der Waals surface area contributed by atoms with Gasteiger partial charge in [0.15, 0.2) is 11.5 Å². The third-order valence-electron chi connectivity index (χ3n) is 4.68. The summed E-state index contributed by atoms with van der Waals surface area (Å²) in [7, 11) is 5.12. The number of hydrogen-bond acceptors (Lipinski definition) is 5. The first kappa shape index (κ1) is 21.2. The Labute approximate surface area is 165 Å². The molecule has 0 bridgehead atoms. The van der Waals surface area contributed by atoms with Gasteiger partial charge in [0.1, 0.15) is 0 Å². The van der Waals surface area contributed by atoms with Gasteiger partial charge in [0.2, 0.25) is 11.8 Å². The molecule has 2 amide bonds. The van der Waals surface area contributed by atoms with E-state index in [0.717, 1.165) is 12.0 Å². The fraction of sp³-hybridized carbons (Fsp3) is 0.333. The molecule has 7 nitrogen and oxygen atoms in total. The number of likely N-dealkylation sites (N-methyl/N-ethyl adjacent to an activating group) is 1. The largest absolute Gasteiger partial charge is 0.493 e. The van der Waals surface area contributed by atoms with Gasteiger partial charge in [0.05, 0.1) is 20.3 Å². The second-order valence-corrected chi connectivity index (χ2v) is 6.53. The number of nitrogens with one attached hydrogen (secondary N) is 1. The van der Waals surface area contributed by atoms with E-state index in [1.54, 1.807) is 38.5 Å². The molecule has 0 saturated heterocycles. The minimum Gasteiger partial charge on any atom is -0.493 e. The summed E-state index contributed by atoms with van der Waals surface area (Å²) in [6.07, 6.45) is 0.766. The van der Waals surface area contributed by atoms with Gasteiger partial charge >= 0.3 is 0 Å². The van der Waals surface area contributed by atoms with E-state index in [0.29, 0.717) is 29.3 Å². The molecule has 0 saturated carbocycles. The van der Waals surface area contributed by atoms with Crippen LogP contribution in [0.1, 0.15) is 22.8 Å². The SMILES string of the molecule is COc1ccc(CCN(C)[C@H](C)C(=O)Nc2ccc(C(N)=O)cc2)cc1OC. The molecule has 2 rings (SSSR count). The fourth-order valence-corrected chi connectivity index (χ4v) is 2.70. The summed E-state index contributed by atoms with van der Waals surface area (Å²) in [4.78, 5) is 25.6. The number of rotatable bonds is 9. The van der Waals surface area contributed by atoms with Crippen LogP contribution in [0.15, 0.2) is 42.5 Å². The summed E-state index contributed by atoms with van der Waals surface area (Å²) in [6.45, 7) is 2.55. The zero-order valence-electron chi connectivity index (χ0n) is 16.7. The maximum Gasteiger partial charge on any atom is 0.248 e.